The van der Waals surface area contributed by atoms with Gasteiger partial charge in [-0.05, 0) is 103 Å². The largest absolute Gasteiger partial charge is 0.508 e. The summed E-state index contributed by atoms with van der Waals surface area (Å²) in [6, 6.07) is 23.7. The van der Waals surface area contributed by atoms with Crippen molar-refractivity contribution in [3.63, 3.8) is 0 Å². The van der Waals surface area contributed by atoms with Gasteiger partial charge in [-0.3, -0.25) is 4.79 Å². The molecule has 0 spiro atoms. The summed E-state index contributed by atoms with van der Waals surface area (Å²) in [4.78, 5) is 13.1. The molecular formula is C34H34FN3O2. The van der Waals surface area contributed by atoms with Crippen LogP contribution in [0.15, 0.2) is 90.6 Å². The van der Waals surface area contributed by atoms with Crippen LogP contribution in [0.2, 0.25) is 0 Å². The molecule has 5 nitrogen and oxygen atoms in total. The molecule has 204 valence electrons. The number of carbonyl (C=O) groups is 1. The fourth-order valence-corrected chi connectivity index (χ4v) is 6.53. The Bertz CT molecular complexity index is 1530. The predicted molar refractivity (Wildman–Crippen MR) is 154 cm³/mol. The average molecular weight is 536 g/mol. The minimum atomic E-state index is -0.255. The summed E-state index contributed by atoms with van der Waals surface area (Å²) in [5, 5.41) is 17.5. The van der Waals surface area contributed by atoms with Gasteiger partial charge < -0.3 is 10.4 Å². The highest BCUT2D eigenvalue weighted by Gasteiger charge is 2.46. The zero-order valence-corrected chi connectivity index (χ0v) is 22.7. The van der Waals surface area contributed by atoms with Crippen molar-refractivity contribution in [3.05, 3.63) is 119 Å². The van der Waals surface area contributed by atoms with Gasteiger partial charge in [0.2, 0.25) is 5.91 Å². The summed E-state index contributed by atoms with van der Waals surface area (Å²) in [6.07, 6.45) is 9.13. The van der Waals surface area contributed by atoms with Crippen LogP contribution >= 0.6 is 0 Å². The van der Waals surface area contributed by atoms with Gasteiger partial charge in [0.15, 0.2) is 0 Å². The van der Waals surface area contributed by atoms with Crippen LogP contribution in [0, 0.1) is 17.2 Å². The third-order valence-corrected chi connectivity index (χ3v) is 8.86. The summed E-state index contributed by atoms with van der Waals surface area (Å²) in [5.41, 5.74) is 6.73. The molecule has 3 aromatic carbocycles. The van der Waals surface area contributed by atoms with Gasteiger partial charge >= 0.3 is 0 Å². The maximum Gasteiger partial charge on any atom is 0.220 e. The number of benzene rings is 3. The third kappa shape index (κ3) is 5.18. The van der Waals surface area contributed by atoms with Crippen molar-refractivity contribution in [1.82, 2.24) is 15.1 Å². The van der Waals surface area contributed by atoms with Crippen molar-refractivity contribution in [2.45, 2.75) is 51.5 Å². The lowest BCUT2D eigenvalue weighted by Crippen LogP contribution is -2.35. The van der Waals surface area contributed by atoms with E-state index in [9.17, 15) is 14.3 Å². The molecule has 1 amide bonds. The second-order valence-electron chi connectivity index (χ2n) is 11.4. The number of phenols is 1. The van der Waals surface area contributed by atoms with E-state index in [1.54, 1.807) is 24.3 Å². The first-order valence-corrected chi connectivity index (χ1v) is 14.1. The van der Waals surface area contributed by atoms with Crippen LogP contribution in [0.1, 0.15) is 61.0 Å². The summed E-state index contributed by atoms with van der Waals surface area (Å²) < 4.78 is 15.4. The van der Waals surface area contributed by atoms with Gasteiger partial charge in [0.25, 0.3) is 0 Å². The molecule has 6 heteroatoms. The third-order valence-electron chi connectivity index (χ3n) is 8.86. The number of aromatic hydroxyl groups is 1. The SMILES string of the molecule is C[C@]12Cc3cnn(-c4ccc(F)cc4)c3C=C1CC[C@@H]2CC(NC(=O)CCc1ccc(O)cc1)c1ccccc1. The average Bonchev–Trinajstić information content (AvgIpc) is 3.51. The van der Waals surface area contributed by atoms with Crippen LogP contribution in [0.5, 0.6) is 5.75 Å². The molecule has 2 aliphatic carbocycles. The van der Waals surface area contributed by atoms with Crippen molar-refractivity contribution in [3.8, 4) is 11.4 Å². The number of carbonyl (C=O) groups excluding carboxylic acids is 1. The molecule has 1 unspecified atom stereocenters. The Morgan fingerprint density at radius 3 is 2.60 bits per heavy atom. The molecule has 1 aromatic heterocycles. The molecule has 0 bridgehead atoms. The van der Waals surface area contributed by atoms with Crippen molar-refractivity contribution >= 4 is 12.0 Å². The molecule has 0 radical (unpaired) electrons. The number of amides is 1. The summed E-state index contributed by atoms with van der Waals surface area (Å²) in [5.74, 6) is 0.416. The van der Waals surface area contributed by atoms with Crippen LogP contribution in [0.4, 0.5) is 4.39 Å². The second kappa shape index (κ2) is 10.8. The minimum Gasteiger partial charge on any atom is -0.508 e. The van der Waals surface area contributed by atoms with Crippen LogP contribution in [-0.4, -0.2) is 20.8 Å². The van der Waals surface area contributed by atoms with Crippen molar-refractivity contribution in [2.75, 3.05) is 0 Å². The topological polar surface area (TPSA) is 67.2 Å². The van der Waals surface area contributed by atoms with E-state index in [1.807, 2.05) is 41.2 Å². The van der Waals surface area contributed by atoms with Gasteiger partial charge in [-0.15, -0.1) is 0 Å². The molecule has 2 N–H and O–H groups in total. The zero-order valence-electron chi connectivity index (χ0n) is 22.7. The maximum absolute atomic E-state index is 13.5. The number of allylic oxidation sites excluding steroid dienone is 1. The van der Waals surface area contributed by atoms with Crippen LogP contribution in [0.3, 0.4) is 0 Å². The van der Waals surface area contributed by atoms with Crippen molar-refractivity contribution in [2.24, 2.45) is 11.3 Å². The molecule has 4 aromatic rings. The van der Waals surface area contributed by atoms with Crippen molar-refractivity contribution < 1.29 is 14.3 Å². The molecule has 40 heavy (non-hydrogen) atoms. The lowest BCUT2D eigenvalue weighted by Gasteiger charge is -2.37. The number of phenolic OH excluding ortho intramolecular Hbond substituents is 1. The van der Waals surface area contributed by atoms with E-state index in [4.69, 9.17) is 0 Å². The molecular weight excluding hydrogens is 501 g/mol. The second-order valence-corrected chi connectivity index (χ2v) is 11.4. The fourth-order valence-electron chi connectivity index (χ4n) is 6.53. The van der Waals surface area contributed by atoms with Gasteiger partial charge in [0.1, 0.15) is 11.6 Å². The van der Waals surface area contributed by atoms with E-state index in [-0.39, 0.29) is 28.9 Å². The number of aromatic nitrogens is 2. The summed E-state index contributed by atoms with van der Waals surface area (Å²) in [7, 11) is 0. The van der Waals surface area contributed by atoms with E-state index in [0.29, 0.717) is 18.8 Å². The highest BCUT2D eigenvalue weighted by Crippen LogP contribution is 2.55. The Morgan fingerprint density at radius 2 is 1.85 bits per heavy atom. The van der Waals surface area contributed by atoms with E-state index in [0.717, 1.165) is 48.2 Å². The number of fused-ring (bicyclic) bond motifs is 2. The van der Waals surface area contributed by atoms with E-state index in [2.05, 4.69) is 35.5 Å². The molecule has 0 saturated heterocycles. The van der Waals surface area contributed by atoms with Gasteiger partial charge in [0, 0.05) is 6.42 Å². The predicted octanol–water partition coefficient (Wildman–Crippen LogP) is 6.95. The number of hydrogen-bond acceptors (Lipinski definition) is 3. The van der Waals surface area contributed by atoms with E-state index in [1.165, 1.54) is 23.3 Å². The Morgan fingerprint density at radius 1 is 1.10 bits per heavy atom. The highest BCUT2D eigenvalue weighted by atomic mass is 19.1. The Kier molecular flexibility index (Phi) is 7.01. The van der Waals surface area contributed by atoms with Gasteiger partial charge in [0.05, 0.1) is 23.6 Å². The number of nitrogens with zero attached hydrogens (tertiary/aromatic N) is 2. The van der Waals surface area contributed by atoms with Crippen LogP contribution in [-0.2, 0) is 17.6 Å². The molecule has 1 fully saturated rings. The van der Waals surface area contributed by atoms with Crippen LogP contribution in [0.25, 0.3) is 11.8 Å². The first-order valence-electron chi connectivity index (χ1n) is 14.1. The summed E-state index contributed by atoms with van der Waals surface area (Å²) in [6.45, 7) is 2.36. The Hall–Kier alpha value is -4.19. The number of nitrogens with one attached hydrogen (secondary N) is 1. The van der Waals surface area contributed by atoms with E-state index >= 15 is 0 Å². The zero-order chi connectivity index (χ0) is 27.7. The molecule has 1 saturated carbocycles. The quantitative estimate of drug-likeness (QED) is 0.257. The standard InChI is InChI=1S/C34H34FN3O2/c1-34-21-25-22-36-38(29-14-12-28(35)13-15-29)32(25)20-27(34)11-10-26(34)19-31(24-5-3-2-4-6-24)37-33(40)18-9-23-7-16-30(39)17-8-23/h2-8,12-17,20,22,26,31,39H,9-11,18-19,21H2,1H3,(H,37,40)/t26-,31?,34-/m1/s1. The maximum atomic E-state index is 13.5. The first-order chi connectivity index (χ1) is 19.4. The molecule has 6 rings (SSSR count). The van der Waals surface area contributed by atoms with Gasteiger partial charge in [-0.2, -0.15) is 5.10 Å². The molecule has 2 aliphatic rings. The molecule has 0 aliphatic heterocycles. The number of halogens is 1. The highest BCUT2D eigenvalue weighted by molar-refractivity contribution is 5.76. The monoisotopic (exact) mass is 535 g/mol. The number of hydrogen-bond donors (Lipinski definition) is 2. The lowest BCUT2D eigenvalue weighted by atomic mass is 9.68. The number of rotatable bonds is 8. The van der Waals surface area contributed by atoms with Gasteiger partial charge in [-0.1, -0.05) is 55.0 Å². The Balaban J connectivity index is 1.20. The molecule has 3 atom stereocenters. The smallest absolute Gasteiger partial charge is 0.220 e. The van der Waals surface area contributed by atoms with E-state index < -0.39 is 0 Å². The fraction of sp³-hybridized carbons (Fsp3) is 0.294. The summed E-state index contributed by atoms with van der Waals surface area (Å²) >= 11 is 0. The van der Waals surface area contributed by atoms with Crippen LogP contribution < -0.4 is 5.32 Å². The Labute approximate surface area is 234 Å². The minimum absolute atomic E-state index is 0.00649. The first kappa shape index (κ1) is 26.1. The molecule has 1 heterocycles. The van der Waals surface area contributed by atoms with Crippen molar-refractivity contribution in [1.29, 1.82) is 0 Å². The lowest BCUT2D eigenvalue weighted by molar-refractivity contribution is -0.122. The number of aryl methyl sites for hydroxylation is 1. The normalized spacial score (nSPS) is 20.4. The van der Waals surface area contributed by atoms with Gasteiger partial charge in [-0.25, -0.2) is 9.07 Å².